The molecule has 2 heterocycles. The van der Waals surface area contributed by atoms with E-state index in [4.69, 9.17) is 46.8 Å². The molecule has 4 rings (SSSR count). The van der Waals surface area contributed by atoms with Crippen LogP contribution in [0.3, 0.4) is 0 Å². The van der Waals surface area contributed by atoms with Crippen molar-refractivity contribution in [3.63, 3.8) is 0 Å². The van der Waals surface area contributed by atoms with Crippen LogP contribution in [0.4, 0.5) is 0 Å². The van der Waals surface area contributed by atoms with Gasteiger partial charge in [-0.25, -0.2) is 0 Å². The molecular weight excluding hydrogens is 442 g/mol. The summed E-state index contributed by atoms with van der Waals surface area (Å²) >= 11 is 22.9. The van der Waals surface area contributed by atoms with Gasteiger partial charge in [0.05, 0.1) is 35.0 Å². The topological polar surface area (TPSA) is 55.3 Å². The number of nitrogens with one attached hydrogen (secondary N) is 2. The third-order valence-electron chi connectivity index (χ3n) is 3.46. The Balaban J connectivity index is 0.000000161. The lowest BCUT2D eigenvalue weighted by atomic mass is 10.1. The first-order chi connectivity index (χ1) is 13.5. The lowest BCUT2D eigenvalue weighted by Crippen LogP contribution is -2.28. The van der Waals surface area contributed by atoms with E-state index >= 15 is 0 Å². The average molecular weight is 456 g/mol. The van der Waals surface area contributed by atoms with Gasteiger partial charge in [-0.2, -0.15) is 0 Å². The summed E-state index contributed by atoms with van der Waals surface area (Å²) in [5.41, 5.74) is 8.63. The van der Waals surface area contributed by atoms with Crippen LogP contribution < -0.4 is 10.9 Å². The van der Waals surface area contributed by atoms with Crippen molar-refractivity contribution in [2.24, 2.45) is 10.2 Å². The van der Waals surface area contributed by atoms with Gasteiger partial charge in [0.1, 0.15) is 10.3 Å². The summed E-state index contributed by atoms with van der Waals surface area (Å²) in [6.07, 6.45) is 3.44. The highest BCUT2D eigenvalue weighted by Crippen LogP contribution is 2.14. The smallest absolute Gasteiger partial charge is 0.125 e. The Kier molecular flexibility index (Phi) is 7.06. The van der Waals surface area contributed by atoms with Crippen LogP contribution in [0.1, 0.15) is 11.1 Å². The first-order valence-corrected chi connectivity index (χ1v) is 9.42. The molecule has 2 aliphatic heterocycles. The van der Waals surface area contributed by atoms with Gasteiger partial charge in [-0.1, -0.05) is 83.9 Å². The number of hydrazine groups is 2. The molecule has 6 nitrogen and oxygen atoms in total. The maximum atomic E-state index is 5.80. The first kappa shape index (κ1) is 20.4. The monoisotopic (exact) mass is 454 g/mol. The van der Waals surface area contributed by atoms with Crippen molar-refractivity contribution >= 4 is 58.2 Å². The van der Waals surface area contributed by atoms with Crippen LogP contribution in [0.25, 0.3) is 0 Å². The van der Waals surface area contributed by atoms with Gasteiger partial charge in [-0.15, -0.1) is 19.5 Å². The number of hydrogen-bond acceptors (Lipinski definition) is 6. The van der Waals surface area contributed by atoms with E-state index < -0.39 is 0 Å². The van der Waals surface area contributed by atoms with Crippen LogP contribution in [0.5, 0.6) is 0 Å². The standard InChI is InChI=1S/2C9H7Cl2N3/c2*10-9-6-8(12-14(11)13-9)7-4-2-1-3-5-7/h2*1-6,13H. The normalized spacial score (nSPS) is 15.7. The fourth-order valence-corrected chi connectivity index (χ4v) is 3.08. The average Bonchev–Trinajstić information content (AvgIpc) is 2.68. The van der Waals surface area contributed by atoms with Gasteiger partial charge in [-0.05, 0) is 0 Å². The minimum absolute atomic E-state index is 0.439. The zero-order valence-corrected chi connectivity index (χ0v) is 17.3. The summed E-state index contributed by atoms with van der Waals surface area (Å²) in [5, 5.41) is 8.97. The zero-order chi connectivity index (χ0) is 19.9. The molecule has 0 aliphatic carbocycles. The third-order valence-corrected chi connectivity index (χ3v) is 4.16. The molecule has 0 atom stereocenters. The first-order valence-electron chi connectivity index (χ1n) is 7.99. The van der Waals surface area contributed by atoms with Gasteiger partial charge < -0.3 is 0 Å². The van der Waals surface area contributed by atoms with E-state index in [-0.39, 0.29) is 0 Å². The maximum absolute atomic E-state index is 5.80. The van der Waals surface area contributed by atoms with Crippen molar-refractivity contribution in [3.8, 4) is 0 Å². The quantitative estimate of drug-likeness (QED) is 0.500. The number of hydrogen-bond donors (Lipinski definition) is 2. The summed E-state index contributed by atoms with van der Waals surface area (Å²) in [4.78, 5) is 0. The molecule has 2 aromatic rings. The van der Waals surface area contributed by atoms with Crippen molar-refractivity contribution in [1.82, 2.24) is 20.1 Å². The predicted molar refractivity (Wildman–Crippen MR) is 115 cm³/mol. The van der Waals surface area contributed by atoms with Crippen molar-refractivity contribution < 1.29 is 0 Å². The Bertz CT molecular complexity index is 850. The Morgan fingerprint density at radius 3 is 1.29 bits per heavy atom. The van der Waals surface area contributed by atoms with Crippen molar-refractivity contribution in [2.45, 2.75) is 0 Å². The van der Waals surface area contributed by atoms with E-state index in [0.717, 1.165) is 31.8 Å². The molecule has 0 saturated carbocycles. The number of benzene rings is 2. The molecule has 0 bridgehead atoms. The number of nitrogens with zero attached hydrogens (tertiary/aromatic N) is 4. The Labute approximate surface area is 182 Å². The molecule has 2 N–H and O–H groups in total. The van der Waals surface area contributed by atoms with Crippen LogP contribution in [-0.4, -0.2) is 20.7 Å². The lowest BCUT2D eigenvalue weighted by Gasteiger charge is -2.17. The highest BCUT2D eigenvalue weighted by molar-refractivity contribution is 6.33. The molecule has 2 aromatic carbocycles. The second-order valence-electron chi connectivity index (χ2n) is 5.43. The van der Waals surface area contributed by atoms with Gasteiger partial charge in [0.15, 0.2) is 0 Å². The van der Waals surface area contributed by atoms with Gasteiger partial charge in [0, 0.05) is 23.3 Å². The molecule has 0 radical (unpaired) electrons. The second kappa shape index (κ2) is 9.71. The number of allylic oxidation sites excluding steroid dienone is 2. The summed E-state index contributed by atoms with van der Waals surface area (Å²) in [5.74, 6) is 0. The highest BCUT2D eigenvalue weighted by Gasteiger charge is 2.11. The third kappa shape index (κ3) is 5.81. The van der Waals surface area contributed by atoms with E-state index in [1.54, 1.807) is 12.2 Å². The van der Waals surface area contributed by atoms with Crippen LogP contribution in [0.15, 0.2) is 93.3 Å². The fraction of sp³-hybridized carbons (Fsp3) is 0. The second-order valence-corrected chi connectivity index (χ2v) is 6.89. The molecule has 144 valence electrons. The predicted octanol–water partition coefficient (Wildman–Crippen LogP) is 4.89. The molecule has 0 amide bonds. The Morgan fingerprint density at radius 2 is 0.964 bits per heavy atom. The Morgan fingerprint density at radius 1 is 0.607 bits per heavy atom. The highest BCUT2D eigenvalue weighted by atomic mass is 35.5. The van der Waals surface area contributed by atoms with Crippen molar-refractivity contribution in [2.75, 3.05) is 0 Å². The summed E-state index contributed by atoms with van der Waals surface area (Å²) in [7, 11) is 0. The molecule has 2 aliphatic rings. The molecule has 28 heavy (non-hydrogen) atoms. The molecule has 0 fully saturated rings. The molecule has 0 unspecified atom stereocenters. The van der Waals surface area contributed by atoms with Gasteiger partial charge in [0.25, 0.3) is 0 Å². The maximum Gasteiger partial charge on any atom is 0.125 e. The summed E-state index contributed by atoms with van der Waals surface area (Å²) < 4.78 is 2.12. The number of halogens is 4. The van der Waals surface area contributed by atoms with E-state index in [9.17, 15) is 0 Å². The van der Waals surface area contributed by atoms with E-state index in [2.05, 4.69) is 21.1 Å². The van der Waals surface area contributed by atoms with Gasteiger partial charge >= 0.3 is 0 Å². The number of rotatable bonds is 2. The molecule has 0 spiro atoms. The molecular formula is C18H14Cl4N6. The minimum atomic E-state index is 0.439. The van der Waals surface area contributed by atoms with Crippen LogP contribution >= 0.6 is 46.8 Å². The summed E-state index contributed by atoms with van der Waals surface area (Å²) in [6, 6.07) is 19.4. The lowest BCUT2D eigenvalue weighted by molar-refractivity contribution is 0.405. The van der Waals surface area contributed by atoms with Crippen LogP contribution in [0.2, 0.25) is 0 Å². The van der Waals surface area contributed by atoms with Crippen LogP contribution in [-0.2, 0) is 0 Å². The number of hydrazone groups is 2. The van der Waals surface area contributed by atoms with E-state index in [1.807, 2.05) is 60.7 Å². The molecule has 0 saturated heterocycles. The molecule has 10 heteroatoms. The van der Waals surface area contributed by atoms with E-state index in [0.29, 0.717) is 10.3 Å². The minimum Gasteiger partial charge on any atom is -0.256 e. The van der Waals surface area contributed by atoms with Crippen LogP contribution in [0, 0.1) is 0 Å². The summed E-state index contributed by atoms with van der Waals surface area (Å²) in [6.45, 7) is 0. The molecule has 0 aromatic heterocycles. The fourth-order valence-electron chi connectivity index (χ4n) is 2.28. The van der Waals surface area contributed by atoms with Crippen molar-refractivity contribution in [1.29, 1.82) is 0 Å². The van der Waals surface area contributed by atoms with Gasteiger partial charge in [-0.3, -0.25) is 10.9 Å². The Hall–Kier alpha value is -2.38. The largest absolute Gasteiger partial charge is 0.256 e. The van der Waals surface area contributed by atoms with E-state index in [1.165, 1.54) is 0 Å². The SMILES string of the molecule is ClC1=CC(c2ccccc2)=NN(Cl)N1.ClC1=CC(c2ccccc2)=NN(Cl)N1. The van der Waals surface area contributed by atoms with Gasteiger partial charge in [0.2, 0.25) is 0 Å². The van der Waals surface area contributed by atoms with Crippen molar-refractivity contribution in [3.05, 3.63) is 94.3 Å². The zero-order valence-electron chi connectivity index (χ0n) is 14.2.